The van der Waals surface area contributed by atoms with Crippen molar-refractivity contribution in [3.8, 4) is 5.75 Å². The molecule has 1 aliphatic heterocycles. The summed E-state index contributed by atoms with van der Waals surface area (Å²) in [6.45, 7) is 9.71. The summed E-state index contributed by atoms with van der Waals surface area (Å²) in [5.74, 6) is 0.981. The molecular formula is C15H24N2O. The van der Waals surface area contributed by atoms with Gasteiger partial charge in [0.1, 0.15) is 5.75 Å². The molecule has 18 heavy (non-hydrogen) atoms. The third kappa shape index (κ3) is 4.31. The predicted octanol–water partition coefficient (Wildman–Crippen LogP) is 2.06. The lowest BCUT2D eigenvalue weighted by atomic mass is 10.2. The molecule has 0 bridgehead atoms. The summed E-state index contributed by atoms with van der Waals surface area (Å²) in [5, 5.41) is 3.46. The number of benzene rings is 1. The average Bonchev–Trinajstić information content (AvgIpc) is 2.37. The summed E-state index contributed by atoms with van der Waals surface area (Å²) in [5.41, 5.74) is 1.28. The fourth-order valence-corrected chi connectivity index (χ4v) is 2.33. The van der Waals surface area contributed by atoms with Crippen LogP contribution in [0.3, 0.4) is 0 Å². The van der Waals surface area contributed by atoms with Gasteiger partial charge in [0.2, 0.25) is 0 Å². The molecule has 1 aliphatic rings. The van der Waals surface area contributed by atoms with Gasteiger partial charge in [-0.2, -0.15) is 0 Å². The summed E-state index contributed by atoms with van der Waals surface area (Å²) in [6.07, 6.45) is 1.10. The summed E-state index contributed by atoms with van der Waals surface area (Å²) in [4.78, 5) is 2.51. The molecule has 1 N–H and O–H groups in total. The quantitative estimate of drug-likeness (QED) is 0.807. The second-order valence-corrected chi connectivity index (χ2v) is 5.17. The highest BCUT2D eigenvalue weighted by Crippen LogP contribution is 2.11. The molecule has 0 spiro atoms. The van der Waals surface area contributed by atoms with Gasteiger partial charge in [-0.25, -0.2) is 0 Å². The number of hydrogen-bond acceptors (Lipinski definition) is 3. The minimum absolute atomic E-state index is 0.622. The minimum Gasteiger partial charge on any atom is -0.494 e. The lowest BCUT2D eigenvalue weighted by Crippen LogP contribution is -2.49. The Bertz CT molecular complexity index is 350. The summed E-state index contributed by atoms with van der Waals surface area (Å²) >= 11 is 0. The predicted molar refractivity (Wildman–Crippen MR) is 75.2 cm³/mol. The zero-order valence-corrected chi connectivity index (χ0v) is 11.5. The van der Waals surface area contributed by atoms with Crippen LogP contribution in [-0.2, 0) is 0 Å². The molecule has 0 aliphatic carbocycles. The van der Waals surface area contributed by atoms with Gasteiger partial charge in [-0.05, 0) is 32.4 Å². The Morgan fingerprint density at radius 1 is 1.33 bits per heavy atom. The standard InChI is InChI=1S/C15H24N2O/c1-13-4-6-15(7-5-13)18-11-3-9-17-10-8-16-14(2)12-17/h4-7,14,16H,3,8-12H2,1-2H3/t14-/m1/s1. The molecule has 1 aromatic carbocycles. The van der Waals surface area contributed by atoms with Gasteiger partial charge >= 0.3 is 0 Å². The Balaban J connectivity index is 1.62. The first-order valence-electron chi connectivity index (χ1n) is 6.89. The van der Waals surface area contributed by atoms with Crippen molar-refractivity contribution in [3.63, 3.8) is 0 Å². The van der Waals surface area contributed by atoms with Crippen LogP contribution < -0.4 is 10.1 Å². The van der Waals surface area contributed by atoms with Gasteiger partial charge in [-0.15, -0.1) is 0 Å². The van der Waals surface area contributed by atoms with Crippen molar-refractivity contribution in [2.45, 2.75) is 26.3 Å². The van der Waals surface area contributed by atoms with Crippen LogP contribution >= 0.6 is 0 Å². The van der Waals surface area contributed by atoms with E-state index in [1.54, 1.807) is 0 Å². The van der Waals surface area contributed by atoms with Crippen LogP contribution in [0.2, 0.25) is 0 Å². The lowest BCUT2D eigenvalue weighted by Gasteiger charge is -2.31. The summed E-state index contributed by atoms with van der Waals surface area (Å²) < 4.78 is 5.74. The fraction of sp³-hybridized carbons (Fsp3) is 0.600. The van der Waals surface area contributed by atoms with E-state index in [4.69, 9.17) is 4.74 Å². The smallest absolute Gasteiger partial charge is 0.119 e. The van der Waals surface area contributed by atoms with Crippen LogP contribution in [0.15, 0.2) is 24.3 Å². The highest BCUT2D eigenvalue weighted by Gasteiger charge is 2.14. The van der Waals surface area contributed by atoms with Crippen LogP contribution in [0.4, 0.5) is 0 Å². The number of rotatable bonds is 5. The van der Waals surface area contributed by atoms with Gasteiger partial charge in [0, 0.05) is 32.2 Å². The number of hydrogen-bond donors (Lipinski definition) is 1. The van der Waals surface area contributed by atoms with Crippen LogP contribution in [-0.4, -0.2) is 43.7 Å². The molecule has 0 amide bonds. The first-order valence-corrected chi connectivity index (χ1v) is 6.89. The topological polar surface area (TPSA) is 24.5 Å². The maximum absolute atomic E-state index is 5.74. The molecule has 0 aromatic heterocycles. The first kappa shape index (κ1) is 13.4. The highest BCUT2D eigenvalue weighted by atomic mass is 16.5. The number of aryl methyl sites for hydroxylation is 1. The van der Waals surface area contributed by atoms with E-state index < -0.39 is 0 Å². The maximum Gasteiger partial charge on any atom is 0.119 e. The van der Waals surface area contributed by atoms with E-state index in [1.807, 2.05) is 12.1 Å². The maximum atomic E-state index is 5.74. The van der Waals surface area contributed by atoms with Gasteiger partial charge in [0.15, 0.2) is 0 Å². The van der Waals surface area contributed by atoms with Gasteiger partial charge in [0.25, 0.3) is 0 Å². The largest absolute Gasteiger partial charge is 0.494 e. The molecule has 3 nitrogen and oxygen atoms in total. The number of ether oxygens (including phenoxy) is 1. The van der Waals surface area contributed by atoms with Gasteiger partial charge in [-0.1, -0.05) is 17.7 Å². The Morgan fingerprint density at radius 3 is 2.83 bits per heavy atom. The number of piperazine rings is 1. The molecule has 3 heteroatoms. The lowest BCUT2D eigenvalue weighted by molar-refractivity contribution is 0.189. The summed E-state index contributed by atoms with van der Waals surface area (Å²) in [7, 11) is 0. The van der Waals surface area contributed by atoms with Gasteiger partial charge in [-0.3, -0.25) is 0 Å². The van der Waals surface area contributed by atoms with Crippen molar-refractivity contribution >= 4 is 0 Å². The third-order valence-electron chi connectivity index (χ3n) is 3.36. The number of nitrogens with zero attached hydrogens (tertiary/aromatic N) is 1. The Hall–Kier alpha value is -1.06. The van der Waals surface area contributed by atoms with E-state index in [2.05, 4.69) is 36.2 Å². The van der Waals surface area contributed by atoms with E-state index in [9.17, 15) is 0 Å². The average molecular weight is 248 g/mol. The first-order chi connectivity index (χ1) is 8.74. The van der Waals surface area contributed by atoms with E-state index in [0.717, 1.165) is 45.0 Å². The molecule has 0 saturated carbocycles. The van der Waals surface area contributed by atoms with Crippen LogP contribution in [0.1, 0.15) is 18.9 Å². The second kappa shape index (κ2) is 6.76. The Morgan fingerprint density at radius 2 is 2.11 bits per heavy atom. The fourth-order valence-electron chi connectivity index (χ4n) is 2.33. The third-order valence-corrected chi connectivity index (χ3v) is 3.36. The summed E-state index contributed by atoms with van der Waals surface area (Å²) in [6, 6.07) is 8.89. The molecule has 100 valence electrons. The Kier molecular flexibility index (Phi) is 5.02. The monoisotopic (exact) mass is 248 g/mol. The molecular weight excluding hydrogens is 224 g/mol. The molecule has 1 heterocycles. The molecule has 1 aromatic rings. The van der Waals surface area contributed by atoms with Crippen molar-refractivity contribution in [3.05, 3.63) is 29.8 Å². The zero-order chi connectivity index (χ0) is 12.8. The molecule has 1 atom stereocenters. The van der Waals surface area contributed by atoms with Crippen LogP contribution in [0.5, 0.6) is 5.75 Å². The molecule has 0 radical (unpaired) electrons. The van der Waals surface area contributed by atoms with Gasteiger partial charge < -0.3 is 15.0 Å². The van der Waals surface area contributed by atoms with E-state index in [1.165, 1.54) is 5.56 Å². The van der Waals surface area contributed by atoms with Crippen LogP contribution in [0, 0.1) is 6.92 Å². The number of nitrogens with one attached hydrogen (secondary N) is 1. The van der Waals surface area contributed by atoms with Crippen molar-refractivity contribution in [2.24, 2.45) is 0 Å². The minimum atomic E-state index is 0.622. The SMILES string of the molecule is Cc1ccc(OCCCN2CCN[C@H](C)C2)cc1. The van der Waals surface area contributed by atoms with E-state index in [-0.39, 0.29) is 0 Å². The van der Waals surface area contributed by atoms with Crippen molar-refractivity contribution < 1.29 is 4.74 Å². The molecule has 1 saturated heterocycles. The van der Waals surface area contributed by atoms with Crippen molar-refractivity contribution in [1.82, 2.24) is 10.2 Å². The second-order valence-electron chi connectivity index (χ2n) is 5.17. The Labute approximate surface area is 110 Å². The van der Waals surface area contributed by atoms with Crippen LogP contribution in [0.25, 0.3) is 0 Å². The normalized spacial score (nSPS) is 20.9. The molecule has 2 rings (SSSR count). The molecule has 0 unspecified atom stereocenters. The van der Waals surface area contributed by atoms with Gasteiger partial charge in [0.05, 0.1) is 6.61 Å². The van der Waals surface area contributed by atoms with Crippen molar-refractivity contribution in [2.75, 3.05) is 32.8 Å². The van der Waals surface area contributed by atoms with E-state index in [0.29, 0.717) is 6.04 Å². The van der Waals surface area contributed by atoms with Crippen molar-refractivity contribution in [1.29, 1.82) is 0 Å². The molecule has 1 fully saturated rings. The zero-order valence-electron chi connectivity index (χ0n) is 11.5. The van der Waals surface area contributed by atoms with E-state index >= 15 is 0 Å². The highest BCUT2D eigenvalue weighted by molar-refractivity contribution is 5.26.